The van der Waals surface area contributed by atoms with Crippen molar-refractivity contribution in [3.8, 4) is 0 Å². The van der Waals surface area contributed by atoms with Crippen molar-refractivity contribution in [3.05, 3.63) is 36.6 Å². The molecule has 8 nitrogen and oxygen atoms in total. The molecule has 0 saturated heterocycles. The highest BCUT2D eigenvalue weighted by molar-refractivity contribution is 5.32. The molecular weight excluding hydrogens is 216 g/mol. The minimum atomic E-state index is -0.890. The van der Waals surface area contributed by atoms with Crippen LogP contribution in [-0.2, 0) is 20.6 Å². The molecule has 1 heterocycles. The van der Waals surface area contributed by atoms with Crippen LogP contribution >= 0.6 is 0 Å². The van der Waals surface area contributed by atoms with Crippen LogP contribution in [0.15, 0.2) is 9.59 Å². The summed E-state index contributed by atoms with van der Waals surface area (Å²) in [6.45, 7) is 0.0815. The number of rotatable bonds is 3. The predicted octanol–water partition coefficient (Wildman–Crippen LogP) is -1.29. The van der Waals surface area contributed by atoms with Crippen molar-refractivity contribution >= 4 is 5.69 Å². The van der Waals surface area contributed by atoms with E-state index in [0.29, 0.717) is 0 Å². The molecule has 0 saturated carbocycles. The first kappa shape index (κ1) is 12.1. The van der Waals surface area contributed by atoms with Crippen molar-refractivity contribution < 1.29 is 4.92 Å². The van der Waals surface area contributed by atoms with Crippen LogP contribution in [0.5, 0.6) is 0 Å². The second kappa shape index (κ2) is 4.27. The summed E-state index contributed by atoms with van der Waals surface area (Å²) < 4.78 is 1.81. The van der Waals surface area contributed by atoms with Gasteiger partial charge in [0, 0.05) is 20.6 Å². The Hall–Kier alpha value is -1.96. The van der Waals surface area contributed by atoms with Gasteiger partial charge in [0.1, 0.15) is 5.69 Å². The lowest BCUT2D eigenvalue weighted by Crippen LogP contribution is -2.40. The number of nitrogens with zero attached hydrogens (tertiary/aromatic N) is 3. The standard InChI is InChI=1S/C8H12N4O4/c1-9-4-5-6(12(15)16)7(13)11(3)8(14)10(5)2/h9H,4H2,1-3H3. The predicted molar refractivity (Wildman–Crippen MR) is 56.3 cm³/mol. The lowest BCUT2D eigenvalue weighted by molar-refractivity contribution is -0.387. The topological polar surface area (TPSA) is 99.2 Å². The molecule has 1 rings (SSSR count). The minimum absolute atomic E-state index is 0.0700. The minimum Gasteiger partial charge on any atom is -0.314 e. The molecule has 0 atom stereocenters. The summed E-state index contributed by atoms with van der Waals surface area (Å²) in [6, 6.07) is 0. The van der Waals surface area contributed by atoms with Gasteiger partial charge >= 0.3 is 16.9 Å². The van der Waals surface area contributed by atoms with E-state index in [1.54, 1.807) is 7.05 Å². The van der Waals surface area contributed by atoms with E-state index in [2.05, 4.69) is 5.32 Å². The van der Waals surface area contributed by atoms with Crippen LogP contribution < -0.4 is 16.6 Å². The van der Waals surface area contributed by atoms with E-state index in [4.69, 9.17) is 0 Å². The first-order valence-corrected chi connectivity index (χ1v) is 4.49. The average molecular weight is 228 g/mol. The normalized spacial score (nSPS) is 10.4. The molecule has 0 aromatic carbocycles. The lowest BCUT2D eigenvalue weighted by atomic mass is 10.3. The van der Waals surface area contributed by atoms with Gasteiger partial charge in [0.15, 0.2) is 0 Å². The third kappa shape index (κ3) is 1.74. The summed E-state index contributed by atoms with van der Waals surface area (Å²) in [5, 5.41) is 13.5. The summed E-state index contributed by atoms with van der Waals surface area (Å²) in [7, 11) is 4.17. The van der Waals surface area contributed by atoms with Crippen molar-refractivity contribution in [1.82, 2.24) is 14.5 Å². The zero-order chi connectivity index (χ0) is 12.5. The van der Waals surface area contributed by atoms with Gasteiger partial charge < -0.3 is 5.32 Å². The highest BCUT2D eigenvalue weighted by atomic mass is 16.6. The summed E-state index contributed by atoms with van der Waals surface area (Å²) in [5.74, 6) is 0. The van der Waals surface area contributed by atoms with E-state index in [1.807, 2.05) is 0 Å². The van der Waals surface area contributed by atoms with Crippen LogP contribution in [0.3, 0.4) is 0 Å². The molecule has 0 aliphatic carbocycles. The van der Waals surface area contributed by atoms with Gasteiger partial charge in [-0.15, -0.1) is 0 Å². The Morgan fingerprint density at radius 2 is 1.88 bits per heavy atom. The fourth-order valence-corrected chi connectivity index (χ4v) is 1.42. The van der Waals surface area contributed by atoms with Crippen LogP contribution in [0.25, 0.3) is 0 Å². The largest absolute Gasteiger partial charge is 0.354 e. The molecule has 0 amide bonds. The summed E-state index contributed by atoms with van der Waals surface area (Å²) >= 11 is 0. The van der Waals surface area contributed by atoms with E-state index in [-0.39, 0.29) is 12.2 Å². The van der Waals surface area contributed by atoms with Gasteiger partial charge in [-0.1, -0.05) is 0 Å². The molecule has 0 spiro atoms. The van der Waals surface area contributed by atoms with Crippen LogP contribution in [-0.4, -0.2) is 21.1 Å². The maximum Gasteiger partial charge on any atom is 0.354 e. The molecule has 0 aliphatic rings. The van der Waals surface area contributed by atoms with Crippen molar-refractivity contribution in [1.29, 1.82) is 0 Å². The molecule has 0 radical (unpaired) electrons. The Kier molecular flexibility index (Phi) is 3.23. The van der Waals surface area contributed by atoms with Gasteiger partial charge in [-0.2, -0.15) is 0 Å². The van der Waals surface area contributed by atoms with Gasteiger partial charge in [-0.3, -0.25) is 24.0 Å². The highest BCUT2D eigenvalue weighted by Gasteiger charge is 2.24. The van der Waals surface area contributed by atoms with Crippen molar-refractivity contribution in [2.24, 2.45) is 14.1 Å². The zero-order valence-corrected chi connectivity index (χ0v) is 9.18. The Bertz CT molecular complexity index is 542. The fraction of sp³-hybridized carbons (Fsp3) is 0.500. The summed E-state index contributed by atoms with van der Waals surface area (Å²) in [4.78, 5) is 33.1. The summed E-state index contributed by atoms with van der Waals surface area (Å²) in [5.41, 5.74) is -1.97. The molecule has 1 aromatic heterocycles. The second-order valence-corrected chi connectivity index (χ2v) is 3.29. The molecule has 8 heteroatoms. The SMILES string of the molecule is CNCc1c([N+](=O)[O-])c(=O)n(C)c(=O)n1C. The van der Waals surface area contributed by atoms with Crippen LogP contribution in [0.1, 0.15) is 5.69 Å². The monoisotopic (exact) mass is 228 g/mol. The molecular formula is C8H12N4O4. The third-order valence-electron chi connectivity index (χ3n) is 2.29. The molecule has 1 aromatic rings. The summed E-state index contributed by atoms with van der Waals surface area (Å²) in [6.07, 6.45) is 0. The number of hydrogen-bond donors (Lipinski definition) is 1. The Labute approximate surface area is 90.3 Å². The maximum absolute atomic E-state index is 11.6. The van der Waals surface area contributed by atoms with E-state index >= 15 is 0 Å². The lowest BCUT2D eigenvalue weighted by Gasteiger charge is -2.09. The second-order valence-electron chi connectivity index (χ2n) is 3.29. The third-order valence-corrected chi connectivity index (χ3v) is 2.29. The van der Waals surface area contributed by atoms with Gasteiger partial charge in [-0.25, -0.2) is 4.79 Å². The molecule has 88 valence electrons. The van der Waals surface area contributed by atoms with Gasteiger partial charge in [-0.05, 0) is 7.05 Å². The van der Waals surface area contributed by atoms with E-state index in [0.717, 1.165) is 9.13 Å². The van der Waals surface area contributed by atoms with E-state index in [9.17, 15) is 19.7 Å². The molecule has 1 N–H and O–H groups in total. The van der Waals surface area contributed by atoms with Crippen molar-refractivity contribution in [2.75, 3.05) is 7.05 Å². The van der Waals surface area contributed by atoms with Gasteiger partial charge in [0.25, 0.3) is 0 Å². The van der Waals surface area contributed by atoms with Crippen LogP contribution in [0, 0.1) is 10.1 Å². The molecule has 0 aliphatic heterocycles. The zero-order valence-electron chi connectivity index (χ0n) is 9.18. The number of hydrogen-bond acceptors (Lipinski definition) is 5. The fourth-order valence-electron chi connectivity index (χ4n) is 1.42. The molecule has 0 fully saturated rings. The Morgan fingerprint density at radius 1 is 1.31 bits per heavy atom. The van der Waals surface area contributed by atoms with Crippen LogP contribution in [0.2, 0.25) is 0 Å². The maximum atomic E-state index is 11.6. The van der Waals surface area contributed by atoms with Gasteiger partial charge in [0.05, 0.1) is 4.92 Å². The van der Waals surface area contributed by atoms with E-state index in [1.165, 1.54) is 14.1 Å². The van der Waals surface area contributed by atoms with Crippen molar-refractivity contribution in [2.45, 2.75) is 6.54 Å². The first-order valence-electron chi connectivity index (χ1n) is 4.49. The quantitative estimate of drug-likeness (QED) is 0.512. The highest BCUT2D eigenvalue weighted by Crippen LogP contribution is 2.09. The Balaban J connectivity index is 3.76. The number of aromatic nitrogens is 2. The number of nitrogens with one attached hydrogen (secondary N) is 1. The smallest absolute Gasteiger partial charge is 0.314 e. The molecule has 0 bridgehead atoms. The van der Waals surface area contributed by atoms with Gasteiger partial charge in [0.2, 0.25) is 0 Å². The molecule has 0 unspecified atom stereocenters. The Morgan fingerprint density at radius 3 is 2.31 bits per heavy atom. The molecule has 16 heavy (non-hydrogen) atoms. The number of nitro groups is 1. The average Bonchev–Trinajstić information content (AvgIpc) is 2.23. The van der Waals surface area contributed by atoms with E-state index < -0.39 is 21.9 Å². The van der Waals surface area contributed by atoms with Crippen molar-refractivity contribution in [3.63, 3.8) is 0 Å². The first-order chi connectivity index (χ1) is 7.41. The van der Waals surface area contributed by atoms with Crippen LogP contribution in [0.4, 0.5) is 5.69 Å².